The van der Waals surface area contributed by atoms with E-state index in [0.29, 0.717) is 13.1 Å². The molecule has 0 bridgehead atoms. The van der Waals surface area contributed by atoms with E-state index in [1.165, 1.54) is 13.2 Å². The molecule has 1 aromatic rings. The molecule has 9 N–H and O–H groups in total. The van der Waals surface area contributed by atoms with Gasteiger partial charge in [-0.25, -0.2) is 9.97 Å². The highest BCUT2D eigenvalue weighted by molar-refractivity contribution is 6.29. The average molecular weight is 345 g/mol. The molecule has 0 aliphatic rings. The van der Waals surface area contributed by atoms with Crippen LogP contribution in [-0.2, 0) is 0 Å². The molecule has 23 heavy (non-hydrogen) atoms. The number of nitrogens with zero attached hydrogens (tertiary/aromatic N) is 3. The predicted molar refractivity (Wildman–Crippen MR) is 93.0 cm³/mol. The van der Waals surface area contributed by atoms with Gasteiger partial charge in [-0.1, -0.05) is 24.4 Å². The quantitative estimate of drug-likeness (QED) is 0.260. The van der Waals surface area contributed by atoms with Crippen molar-refractivity contribution in [3.8, 4) is 0 Å². The van der Waals surface area contributed by atoms with Gasteiger partial charge in [0.1, 0.15) is 5.15 Å². The average Bonchev–Trinajstić information content (AvgIpc) is 2.54. The number of aliphatic imine (C=N–C) groups is 1. The zero-order chi connectivity index (χ0) is 17.7. The van der Waals surface area contributed by atoms with Gasteiger partial charge in [0, 0.05) is 6.54 Å². The van der Waals surface area contributed by atoms with Crippen LogP contribution >= 0.6 is 11.6 Å². The van der Waals surface area contributed by atoms with Crippen LogP contribution in [0.1, 0.15) is 36.2 Å². The fourth-order valence-corrected chi connectivity index (χ4v) is 1.70. The fraction of sp³-hybridized carbons (Fsp3) is 0.538. The number of nitrogens with two attached hydrogens (primary N) is 4. The number of hydrogen-bond acceptors (Lipinski definition) is 7. The number of aromatic nitrogens is 2. The summed E-state index contributed by atoms with van der Waals surface area (Å²) in [6.07, 6.45) is 5.23. The third-order valence-corrected chi connectivity index (χ3v) is 2.80. The second kappa shape index (κ2) is 12.6. The van der Waals surface area contributed by atoms with Crippen LogP contribution in [0, 0.1) is 0 Å². The van der Waals surface area contributed by atoms with E-state index in [-0.39, 0.29) is 22.6 Å². The van der Waals surface area contributed by atoms with Crippen LogP contribution in [0.25, 0.3) is 0 Å². The zero-order valence-electron chi connectivity index (χ0n) is 13.3. The van der Waals surface area contributed by atoms with Crippen molar-refractivity contribution in [1.29, 1.82) is 0 Å². The number of nitrogens with one attached hydrogen (secondary N) is 1. The molecule has 0 saturated heterocycles. The lowest BCUT2D eigenvalue weighted by atomic mass is 10.2. The highest BCUT2D eigenvalue weighted by Gasteiger charge is 2.14. The lowest BCUT2D eigenvalue weighted by molar-refractivity contribution is 0.0972. The molecule has 0 spiro atoms. The first-order chi connectivity index (χ1) is 11.0. The highest BCUT2D eigenvalue weighted by Crippen LogP contribution is 2.09. The summed E-state index contributed by atoms with van der Waals surface area (Å²) in [6, 6.07) is 0. The maximum absolute atomic E-state index is 11.9. The van der Waals surface area contributed by atoms with Crippen molar-refractivity contribution < 1.29 is 4.79 Å². The Hall–Kier alpha value is -1.97. The van der Waals surface area contributed by atoms with E-state index in [0.717, 1.165) is 25.7 Å². The van der Waals surface area contributed by atoms with Gasteiger partial charge in [-0.15, -0.1) is 0 Å². The second-order valence-corrected chi connectivity index (χ2v) is 4.74. The molecule has 0 fully saturated rings. The number of rotatable bonds is 7. The summed E-state index contributed by atoms with van der Waals surface area (Å²) in [4.78, 5) is 23.5. The van der Waals surface area contributed by atoms with Gasteiger partial charge >= 0.3 is 0 Å². The summed E-state index contributed by atoms with van der Waals surface area (Å²) < 4.78 is 0. The van der Waals surface area contributed by atoms with E-state index in [4.69, 9.17) is 28.8 Å². The number of carbonyl (C=O) groups excluding carboxylic acids is 1. The van der Waals surface area contributed by atoms with Crippen molar-refractivity contribution in [1.82, 2.24) is 15.3 Å². The molecular formula is C13H25ClN8O. The number of anilines is 1. The van der Waals surface area contributed by atoms with Gasteiger partial charge in [-0.2, -0.15) is 0 Å². The van der Waals surface area contributed by atoms with Gasteiger partial charge in [-0.05, 0) is 26.4 Å². The van der Waals surface area contributed by atoms with Gasteiger partial charge in [0.25, 0.3) is 5.91 Å². The molecule has 0 aliphatic carbocycles. The largest absolute Gasteiger partial charge is 0.382 e. The number of carbonyl (C=O) groups is 1. The van der Waals surface area contributed by atoms with Crippen molar-refractivity contribution >= 4 is 29.3 Å². The van der Waals surface area contributed by atoms with E-state index in [1.807, 2.05) is 0 Å². The molecule has 1 rings (SSSR count). The Morgan fingerprint density at radius 1 is 1.30 bits per heavy atom. The minimum atomic E-state index is -0.591. The van der Waals surface area contributed by atoms with Gasteiger partial charge in [-0.3, -0.25) is 15.1 Å². The van der Waals surface area contributed by atoms with Crippen LogP contribution in [0.15, 0.2) is 11.2 Å². The molecular weight excluding hydrogens is 320 g/mol. The van der Waals surface area contributed by atoms with E-state index in [2.05, 4.69) is 26.0 Å². The van der Waals surface area contributed by atoms with Crippen molar-refractivity contribution in [3.05, 3.63) is 17.0 Å². The van der Waals surface area contributed by atoms with Crippen LogP contribution in [-0.4, -0.2) is 42.0 Å². The van der Waals surface area contributed by atoms with Crippen molar-refractivity contribution in [2.24, 2.45) is 22.2 Å². The Labute approximate surface area is 140 Å². The van der Waals surface area contributed by atoms with E-state index in [1.54, 1.807) is 0 Å². The summed E-state index contributed by atoms with van der Waals surface area (Å²) in [5, 5.41) is 2.47. The predicted octanol–water partition coefficient (Wildman–Crippen LogP) is -0.149. The molecule has 0 saturated carbocycles. The highest BCUT2D eigenvalue weighted by atomic mass is 35.5. The Kier molecular flexibility index (Phi) is 11.5. The van der Waals surface area contributed by atoms with Crippen LogP contribution in [0.3, 0.4) is 0 Å². The first-order valence-corrected chi connectivity index (χ1v) is 7.59. The van der Waals surface area contributed by atoms with Crippen molar-refractivity contribution in [3.63, 3.8) is 0 Å². The molecule has 0 aliphatic heterocycles. The number of nitrogen functional groups attached to an aromatic ring is 1. The molecule has 0 unspecified atom stereocenters. The molecule has 10 heteroatoms. The van der Waals surface area contributed by atoms with Crippen molar-refractivity contribution in [2.75, 3.05) is 25.9 Å². The molecule has 130 valence electrons. The third-order valence-electron chi connectivity index (χ3n) is 2.62. The summed E-state index contributed by atoms with van der Waals surface area (Å²) in [5.41, 5.74) is 21.0. The maximum atomic E-state index is 11.9. The first kappa shape index (κ1) is 21.0. The van der Waals surface area contributed by atoms with Crippen LogP contribution in [0.5, 0.6) is 0 Å². The van der Waals surface area contributed by atoms with Crippen LogP contribution in [0.2, 0.25) is 5.15 Å². The summed E-state index contributed by atoms with van der Waals surface area (Å²) in [6.45, 7) is 1.23. The van der Waals surface area contributed by atoms with Gasteiger partial charge < -0.3 is 22.9 Å². The minimum Gasteiger partial charge on any atom is -0.382 e. The molecule has 0 atom stereocenters. The number of amides is 1. The number of unbranched alkanes of at least 4 members (excludes halogenated alkanes) is 3. The fourth-order valence-electron chi connectivity index (χ4n) is 1.57. The van der Waals surface area contributed by atoms with Crippen LogP contribution in [0.4, 0.5) is 5.82 Å². The first-order valence-electron chi connectivity index (χ1n) is 7.21. The summed E-state index contributed by atoms with van der Waals surface area (Å²) in [5.74, 6) is -0.599. The Balaban J connectivity index is 0.00000232. The smallest absolute Gasteiger partial charge is 0.280 e. The standard InChI is InChI=1S/C12H20ClN7O.CH5N/c13-8-7-18-10(15)9(19-8)11(21)20-12(16)17-6-4-2-1-3-5-14;1-2/h7H,1-6,14H2,(H2,15,18)(H3,16,17,20,21);2H2,1H3. The Morgan fingerprint density at radius 3 is 2.61 bits per heavy atom. The molecule has 1 amide bonds. The van der Waals surface area contributed by atoms with E-state index in [9.17, 15) is 4.79 Å². The van der Waals surface area contributed by atoms with Crippen LogP contribution < -0.4 is 28.3 Å². The Morgan fingerprint density at radius 2 is 1.96 bits per heavy atom. The Bertz CT molecular complexity index is 509. The second-order valence-electron chi connectivity index (χ2n) is 4.35. The number of hydrogen-bond donors (Lipinski definition) is 5. The van der Waals surface area contributed by atoms with E-state index < -0.39 is 5.91 Å². The topological polar surface area (TPSA) is 171 Å². The van der Waals surface area contributed by atoms with Gasteiger partial charge in [0.05, 0.1) is 6.20 Å². The minimum absolute atomic E-state index is 0.0139. The third kappa shape index (κ3) is 8.91. The molecule has 1 heterocycles. The SMILES string of the molecule is CN.NCCCCCCN=C(N)NC(=O)c1nc(Cl)cnc1N. The van der Waals surface area contributed by atoms with E-state index >= 15 is 0 Å². The molecule has 1 aromatic heterocycles. The lowest BCUT2D eigenvalue weighted by Gasteiger charge is -2.06. The van der Waals surface area contributed by atoms with Crippen molar-refractivity contribution in [2.45, 2.75) is 25.7 Å². The summed E-state index contributed by atoms with van der Waals surface area (Å²) >= 11 is 5.66. The monoisotopic (exact) mass is 344 g/mol. The molecule has 0 aromatic carbocycles. The number of halogens is 1. The number of guanidine groups is 1. The lowest BCUT2D eigenvalue weighted by Crippen LogP contribution is -2.37. The molecule has 0 radical (unpaired) electrons. The maximum Gasteiger partial charge on any atom is 0.280 e. The summed E-state index contributed by atoms with van der Waals surface area (Å²) in [7, 11) is 1.50. The zero-order valence-corrected chi connectivity index (χ0v) is 14.0. The van der Waals surface area contributed by atoms with Gasteiger partial charge in [0.15, 0.2) is 17.5 Å². The van der Waals surface area contributed by atoms with Gasteiger partial charge in [0.2, 0.25) is 0 Å². The normalized spacial score (nSPS) is 10.7. The molecule has 9 nitrogen and oxygen atoms in total.